The molecule has 0 saturated carbocycles. The SMILES string of the molecule is C=CCCCC1(CC)CCCN1. The lowest BCUT2D eigenvalue weighted by molar-refractivity contribution is 0.328. The minimum absolute atomic E-state index is 0.489. The Kier molecular flexibility index (Phi) is 3.80. The Hall–Kier alpha value is -0.300. The van der Waals surface area contributed by atoms with Crippen LogP contribution in [0.3, 0.4) is 0 Å². The van der Waals surface area contributed by atoms with Crippen LogP contribution in [-0.4, -0.2) is 12.1 Å². The van der Waals surface area contributed by atoms with E-state index in [4.69, 9.17) is 0 Å². The van der Waals surface area contributed by atoms with Crippen LogP contribution in [-0.2, 0) is 0 Å². The summed E-state index contributed by atoms with van der Waals surface area (Å²) in [6.07, 6.45) is 9.84. The van der Waals surface area contributed by atoms with Crippen LogP contribution in [0.5, 0.6) is 0 Å². The van der Waals surface area contributed by atoms with E-state index in [0.717, 1.165) is 0 Å². The van der Waals surface area contributed by atoms with Crippen molar-refractivity contribution in [2.24, 2.45) is 0 Å². The fourth-order valence-electron chi connectivity index (χ4n) is 2.15. The summed E-state index contributed by atoms with van der Waals surface area (Å²) in [5.74, 6) is 0. The van der Waals surface area contributed by atoms with Gasteiger partial charge in [-0.25, -0.2) is 0 Å². The van der Waals surface area contributed by atoms with Crippen molar-refractivity contribution >= 4 is 0 Å². The third-order valence-corrected chi connectivity index (χ3v) is 3.07. The molecule has 0 aromatic rings. The van der Waals surface area contributed by atoms with Gasteiger partial charge in [-0.05, 0) is 45.1 Å². The van der Waals surface area contributed by atoms with Crippen molar-refractivity contribution in [3.05, 3.63) is 12.7 Å². The van der Waals surface area contributed by atoms with Crippen molar-refractivity contribution in [1.82, 2.24) is 5.32 Å². The fourth-order valence-corrected chi connectivity index (χ4v) is 2.15. The van der Waals surface area contributed by atoms with Gasteiger partial charge in [0.25, 0.3) is 0 Å². The third-order valence-electron chi connectivity index (χ3n) is 3.07. The summed E-state index contributed by atoms with van der Waals surface area (Å²) in [5, 5.41) is 3.64. The minimum atomic E-state index is 0.489. The van der Waals surface area contributed by atoms with Gasteiger partial charge in [0.05, 0.1) is 0 Å². The third kappa shape index (κ3) is 2.34. The molecule has 0 aromatic carbocycles. The van der Waals surface area contributed by atoms with E-state index in [2.05, 4.69) is 18.8 Å². The van der Waals surface area contributed by atoms with Crippen molar-refractivity contribution < 1.29 is 0 Å². The molecular formula is C11H21N. The van der Waals surface area contributed by atoms with Gasteiger partial charge in [-0.2, -0.15) is 0 Å². The topological polar surface area (TPSA) is 12.0 Å². The Labute approximate surface area is 76.2 Å². The number of nitrogens with one attached hydrogen (secondary N) is 1. The molecule has 1 atom stereocenters. The lowest BCUT2D eigenvalue weighted by Gasteiger charge is -2.27. The van der Waals surface area contributed by atoms with Crippen LogP contribution in [0.2, 0.25) is 0 Å². The zero-order valence-electron chi connectivity index (χ0n) is 8.23. The van der Waals surface area contributed by atoms with E-state index < -0.39 is 0 Å². The quantitative estimate of drug-likeness (QED) is 0.490. The highest BCUT2D eigenvalue weighted by atomic mass is 15.0. The monoisotopic (exact) mass is 167 g/mol. The summed E-state index contributed by atoms with van der Waals surface area (Å²) < 4.78 is 0. The highest BCUT2D eigenvalue weighted by Gasteiger charge is 2.30. The van der Waals surface area contributed by atoms with Gasteiger partial charge in [0.1, 0.15) is 0 Å². The molecule has 1 rings (SSSR count). The second kappa shape index (κ2) is 4.66. The molecule has 1 fully saturated rings. The molecule has 0 aromatic heterocycles. The molecule has 1 aliphatic rings. The second-order valence-corrected chi connectivity index (χ2v) is 3.85. The van der Waals surface area contributed by atoms with Crippen molar-refractivity contribution in [2.45, 2.75) is 51.0 Å². The first-order chi connectivity index (χ1) is 5.83. The molecule has 1 heterocycles. The van der Waals surface area contributed by atoms with Gasteiger partial charge in [-0.3, -0.25) is 0 Å². The van der Waals surface area contributed by atoms with Crippen LogP contribution >= 0.6 is 0 Å². The highest BCUT2D eigenvalue weighted by molar-refractivity contribution is 4.91. The second-order valence-electron chi connectivity index (χ2n) is 3.85. The van der Waals surface area contributed by atoms with Crippen LogP contribution < -0.4 is 5.32 Å². The first-order valence-corrected chi connectivity index (χ1v) is 5.19. The van der Waals surface area contributed by atoms with Gasteiger partial charge < -0.3 is 5.32 Å². The summed E-state index contributed by atoms with van der Waals surface area (Å²) in [6, 6.07) is 0. The maximum Gasteiger partial charge on any atom is 0.0179 e. The summed E-state index contributed by atoms with van der Waals surface area (Å²) in [6.45, 7) is 7.27. The summed E-state index contributed by atoms with van der Waals surface area (Å²) in [4.78, 5) is 0. The predicted molar refractivity (Wildman–Crippen MR) is 54.3 cm³/mol. The van der Waals surface area contributed by atoms with Crippen LogP contribution in [0.4, 0.5) is 0 Å². The van der Waals surface area contributed by atoms with Crippen molar-refractivity contribution in [2.75, 3.05) is 6.54 Å². The Bertz CT molecular complexity index is 134. The molecule has 1 N–H and O–H groups in total. The normalized spacial score (nSPS) is 29.1. The van der Waals surface area contributed by atoms with E-state index >= 15 is 0 Å². The average Bonchev–Trinajstić information content (AvgIpc) is 2.55. The molecule has 1 nitrogen and oxygen atoms in total. The standard InChI is InChI=1S/C11H21N/c1-3-5-6-8-11(4-2)9-7-10-12-11/h3,12H,1,4-10H2,2H3. The molecule has 0 amide bonds. The van der Waals surface area contributed by atoms with Gasteiger partial charge in [0, 0.05) is 5.54 Å². The molecule has 12 heavy (non-hydrogen) atoms. The zero-order valence-corrected chi connectivity index (χ0v) is 8.23. The summed E-state index contributed by atoms with van der Waals surface area (Å²) in [7, 11) is 0. The molecule has 70 valence electrons. The minimum Gasteiger partial charge on any atom is -0.311 e. The lowest BCUT2D eigenvalue weighted by atomic mass is 9.88. The molecule has 1 heteroatoms. The molecule has 1 aliphatic heterocycles. The van der Waals surface area contributed by atoms with Gasteiger partial charge in [0.15, 0.2) is 0 Å². The Morgan fingerprint density at radius 3 is 2.92 bits per heavy atom. The zero-order chi connectivity index (χ0) is 8.86. The molecule has 0 radical (unpaired) electrons. The Morgan fingerprint density at radius 2 is 2.42 bits per heavy atom. The van der Waals surface area contributed by atoms with Gasteiger partial charge in [0.2, 0.25) is 0 Å². The van der Waals surface area contributed by atoms with E-state index in [-0.39, 0.29) is 0 Å². The number of rotatable bonds is 5. The Balaban J connectivity index is 2.28. The highest BCUT2D eigenvalue weighted by Crippen LogP contribution is 2.28. The van der Waals surface area contributed by atoms with E-state index in [1.54, 1.807) is 0 Å². The maximum absolute atomic E-state index is 3.75. The van der Waals surface area contributed by atoms with Crippen LogP contribution in [0, 0.1) is 0 Å². The smallest absolute Gasteiger partial charge is 0.0179 e. The van der Waals surface area contributed by atoms with Crippen molar-refractivity contribution in [1.29, 1.82) is 0 Å². The van der Waals surface area contributed by atoms with E-state index in [1.807, 2.05) is 6.08 Å². The van der Waals surface area contributed by atoms with Gasteiger partial charge in [-0.15, -0.1) is 6.58 Å². The maximum atomic E-state index is 3.75. The molecule has 1 saturated heterocycles. The van der Waals surface area contributed by atoms with E-state index in [9.17, 15) is 0 Å². The fraction of sp³-hybridized carbons (Fsp3) is 0.818. The van der Waals surface area contributed by atoms with Crippen molar-refractivity contribution in [3.8, 4) is 0 Å². The molecule has 0 aliphatic carbocycles. The van der Waals surface area contributed by atoms with Crippen LogP contribution in [0.15, 0.2) is 12.7 Å². The lowest BCUT2D eigenvalue weighted by Crippen LogP contribution is -2.38. The number of allylic oxidation sites excluding steroid dienone is 1. The van der Waals surface area contributed by atoms with Gasteiger partial charge in [-0.1, -0.05) is 13.0 Å². The van der Waals surface area contributed by atoms with E-state index in [0.29, 0.717) is 5.54 Å². The molecule has 1 unspecified atom stereocenters. The van der Waals surface area contributed by atoms with Crippen LogP contribution in [0.1, 0.15) is 45.4 Å². The van der Waals surface area contributed by atoms with Crippen LogP contribution in [0.25, 0.3) is 0 Å². The van der Waals surface area contributed by atoms with Crippen molar-refractivity contribution in [3.63, 3.8) is 0 Å². The number of hydrogen-bond acceptors (Lipinski definition) is 1. The Morgan fingerprint density at radius 1 is 1.58 bits per heavy atom. The molecule has 0 bridgehead atoms. The largest absolute Gasteiger partial charge is 0.311 e. The first-order valence-electron chi connectivity index (χ1n) is 5.19. The number of unbranched alkanes of at least 4 members (excludes halogenated alkanes) is 1. The average molecular weight is 167 g/mol. The summed E-state index contributed by atoms with van der Waals surface area (Å²) >= 11 is 0. The first kappa shape index (κ1) is 9.79. The predicted octanol–water partition coefficient (Wildman–Crippen LogP) is 2.87. The van der Waals surface area contributed by atoms with E-state index in [1.165, 1.54) is 45.1 Å². The molecular weight excluding hydrogens is 146 g/mol. The number of hydrogen-bond donors (Lipinski definition) is 1. The van der Waals surface area contributed by atoms with Gasteiger partial charge >= 0.3 is 0 Å². The summed E-state index contributed by atoms with van der Waals surface area (Å²) in [5.41, 5.74) is 0.489. The molecule has 0 spiro atoms.